The van der Waals surface area contributed by atoms with Crippen molar-refractivity contribution >= 4 is 6.21 Å². The third-order valence-electron chi connectivity index (χ3n) is 2.23. The second kappa shape index (κ2) is 6.84. The van der Waals surface area contributed by atoms with Crippen molar-refractivity contribution in [1.29, 1.82) is 0 Å². The number of allylic oxidation sites excluding steroid dienone is 2. The molecule has 1 N–H and O–H groups in total. The smallest absolute Gasteiger partial charge is 0.0996 e. The van der Waals surface area contributed by atoms with E-state index in [2.05, 4.69) is 29.4 Å². The van der Waals surface area contributed by atoms with Crippen molar-refractivity contribution in [2.24, 2.45) is 4.99 Å². The fraction of sp³-hybridized carbons (Fsp3) is 0.727. The first kappa shape index (κ1) is 10.5. The third-order valence-corrected chi connectivity index (χ3v) is 2.23. The monoisotopic (exact) mass is 180 g/mol. The first-order valence-corrected chi connectivity index (χ1v) is 5.33. The Morgan fingerprint density at radius 2 is 2.31 bits per heavy atom. The van der Waals surface area contributed by atoms with Crippen molar-refractivity contribution in [3.05, 3.63) is 12.2 Å². The fourth-order valence-corrected chi connectivity index (χ4v) is 1.41. The molecule has 2 nitrogen and oxygen atoms in total. The van der Waals surface area contributed by atoms with Crippen molar-refractivity contribution in [2.75, 3.05) is 6.54 Å². The first-order chi connectivity index (χ1) is 6.43. The molecule has 0 amide bonds. The van der Waals surface area contributed by atoms with Gasteiger partial charge in [-0.1, -0.05) is 31.9 Å². The Balaban J connectivity index is 1.93. The second-order valence-corrected chi connectivity index (χ2v) is 3.45. The summed E-state index contributed by atoms with van der Waals surface area (Å²) in [6.45, 7) is 3.18. The van der Waals surface area contributed by atoms with Gasteiger partial charge >= 0.3 is 0 Å². The number of unbranched alkanes of at least 4 members (excludes halogenated alkanes) is 2. The van der Waals surface area contributed by atoms with Crippen LogP contribution in [0.15, 0.2) is 17.1 Å². The van der Waals surface area contributed by atoms with Gasteiger partial charge in [0.05, 0.1) is 6.17 Å². The van der Waals surface area contributed by atoms with Gasteiger partial charge in [0.1, 0.15) is 0 Å². The molecule has 0 fully saturated rings. The quantitative estimate of drug-likeness (QED) is 0.493. The summed E-state index contributed by atoms with van der Waals surface area (Å²) in [7, 11) is 0. The van der Waals surface area contributed by atoms with Crippen molar-refractivity contribution in [2.45, 2.75) is 45.2 Å². The summed E-state index contributed by atoms with van der Waals surface area (Å²) in [6.07, 6.45) is 13.1. The number of rotatable bonds is 6. The van der Waals surface area contributed by atoms with Gasteiger partial charge in [0.2, 0.25) is 0 Å². The van der Waals surface area contributed by atoms with Crippen LogP contribution in [0.2, 0.25) is 0 Å². The molecule has 74 valence electrons. The van der Waals surface area contributed by atoms with Crippen LogP contribution in [-0.2, 0) is 0 Å². The minimum Gasteiger partial charge on any atom is -0.291 e. The summed E-state index contributed by atoms with van der Waals surface area (Å²) >= 11 is 0. The van der Waals surface area contributed by atoms with Crippen molar-refractivity contribution in [1.82, 2.24) is 5.32 Å². The minimum atomic E-state index is 0.385. The van der Waals surface area contributed by atoms with Gasteiger partial charge in [-0.25, -0.2) is 0 Å². The molecule has 0 radical (unpaired) electrons. The van der Waals surface area contributed by atoms with Gasteiger partial charge in [-0.05, 0) is 19.3 Å². The zero-order valence-corrected chi connectivity index (χ0v) is 8.50. The van der Waals surface area contributed by atoms with E-state index in [1.165, 1.54) is 19.3 Å². The van der Waals surface area contributed by atoms with Crippen LogP contribution in [-0.4, -0.2) is 18.9 Å². The predicted molar refractivity (Wildman–Crippen MR) is 58.2 cm³/mol. The number of hydrogen-bond donors (Lipinski definition) is 1. The lowest BCUT2D eigenvalue weighted by atomic mass is 10.2. The second-order valence-electron chi connectivity index (χ2n) is 3.45. The van der Waals surface area contributed by atoms with Gasteiger partial charge in [-0.3, -0.25) is 10.3 Å². The van der Waals surface area contributed by atoms with E-state index in [9.17, 15) is 0 Å². The van der Waals surface area contributed by atoms with E-state index in [1.807, 2.05) is 6.21 Å². The van der Waals surface area contributed by atoms with Gasteiger partial charge in [-0.2, -0.15) is 0 Å². The molecule has 0 aromatic carbocycles. The average Bonchev–Trinajstić information content (AvgIpc) is 2.63. The lowest BCUT2D eigenvalue weighted by Crippen LogP contribution is -2.21. The largest absolute Gasteiger partial charge is 0.291 e. The Hall–Kier alpha value is -0.630. The molecule has 2 heteroatoms. The number of nitrogens with zero attached hydrogens (tertiary/aromatic N) is 1. The SMILES string of the molecule is CCCC/C=C/CCC1N=CCN1. The van der Waals surface area contributed by atoms with Crippen LogP contribution < -0.4 is 5.32 Å². The van der Waals surface area contributed by atoms with Crippen molar-refractivity contribution in [3.63, 3.8) is 0 Å². The molecule has 13 heavy (non-hydrogen) atoms. The van der Waals surface area contributed by atoms with Gasteiger partial charge in [0, 0.05) is 12.8 Å². The predicted octanol–water partition coefficient (Wildman–Crippen LogP) is 2.51. The molecule has 0 bridgehead atoms. The summed E-state index contributed by atoms with van der Waals surface area (Å²) in [5, 5.41) is 3.30. The molecule has 1 heterocycles. The third kappa shape index (κ3) is 4.83. The van der Waals surface area contributed by atoms with Crippen LogP contribution in [0.1, 0.15) is 39.0 Å². The highest BCUT2D eigenvalue weighted by atomic mass is 15.1. The van der Waals surface area contributed by atoms with Gasteiger partial charge in [0.25, 0.3) is 0 Å². The minimum absolute atomic E-state index is 0.385. The van der Waals surface area contributed by atoms with Crippen LogP contribution in [0.3, 0.4) is 0 Å². The molecule has 1 aliphatic rings. The maximum atomic E-state index is 4.30. The van der Waals surface area contributed by atoms with E-state index in [-0.39, 0.29) is 0 Å². The summed E-state index contributed by atoms with van der Waals surface area (Å²) in [5.74, 6) is 0. The van der Waals surface area contributed by atoms with Crippen LogP contribution in [0.4, 0.5) is 0 Å². The number of hydrogen-bond acceptors (Lipinski definition) is 2. The summed E-state index contributed by atoms with van der Waals surface area (Å²) in [6, 6.07) is 0. The standard InChI is InChI=1S/C11H20N2/c1-2-3-4-5-6-7-8-11-12-9-10-13-11/h5-6,9,11,13H,2-4,7-8,10H2,1H3/b6-5+. The summed E-state index contributed by atoms with van der Waals surface area (Å²) in [5.41, 5.74) is 0. The molecule has 0 aromatic heterocycles. The molecular weight excluding hydrogens is 160 g/mol. The molecule has 1 aliphatic heterocycles. The highest BCUT2D eigenvalue weighted by Crippen LogP contribution is 2.03. The number of nitrogens with one attached hydrogen (secondary N) is 1. The zero-order chi connectivity index (χ0) is 9.36. The molecule has 0 aliphatic carbocycles. The van der Waals surface area contributed by atoms with Gasteiger partial charge in [-0.15, -0.1) is 0 Å². The maximum absolute atomic E-state index is 4.30. The van der Waals surface area contributed by atoms with E-state index in [1.54, 1.807) is 0 Å². The van der Waals surface area contributed by atoms with Crippen LogP contribution in [0.5, 0.6) is 0 Å². The molecule has 1 rings (SSSR count). The topological polar surface area (TPSA) is 24.4 Å². The number of aliphatic imine (C=N–C) groups is 1. The highest BCUT2D eigenvalue weighted by molar-refractivity contribution is 5.61. The summed E-state index contributed by atoms with van der Waals surface area (Å²) in [4.78, 5) is 4.30. The maximum Gasteiger partial charge on any atom is 0.0996 e. The molecule has 0 aromatic rings. The molecule has 0 saturated heterocycles. The van der Waals surface area contributed by atoms with Gasteiger partial charge in [0.15, 0.2) is 0 Å². The van der Waals surface area contributed by atoms with Crippen LogP contribution >= 0.6 is 0 Å². The van der Waals surface area contributed by atoms with Crippen molar-refractivity contribution < 1.29 is 0 Å². The Bertz CT molecular complexity index is 173. The van der Waals surface area contributed by atoms with E-state index in [0.717, 1.165) is 19.4 Å². The molecule has 1 unspecified atom stereocenters. The fourth-order valence-electron chi connectivity index (χ4n) is 1.41. The highest BCUT2D eigenvalue weighted by Gasteiger charge is 2.06. The van der Waals surface area contributed by atoms with E-state index in [4.69, 9.17) is 0 Å². The Morgan fingerprint density at radius 1 is 1.46 bits per heavy atom. The van der Waals surface area contributed by atoms with Crippen LogP contribution in [0, 0.1) is 0 Å². The molecular formula is C11H20N2. The van der Waals surface area contributed by atoms with E-state index in [0.29, 0.717) is 6.17 Å². The molecule has 0 saturated carbocycles. The first-order valence-electron chi connectivity index (χ1n) is 5.33. The van der Waals surface area contributed by atoms with Crippen LogP contribution in [0.25, 0.3) is 0 Å². The lowest BCUT2D eigenvalue weighted by molar-refractivity contribution is 0.563. The Kier molecular flexibility index (Phi) is 5.50. The van der Waals surface area contributed by atoms with E-state index >= 15 is 0 Å². The average molecular weight is 180 g/mol. The van der Waals surface area contributed by atoms with E-state index < -0.39 is 0 Å². The molecule has 1 atom stereocenters. The Labute approximate surface area is 81.1 Å². The zero-order valence-electron chi connectivity index (χ0n) is 8.50. The van der Waals surface area contributed by atoms with Crippen molar-refractivity contribution in [3.8, 4) is 0 Å². The molecule has 0 spiro atoms. The normalized spacial score (nSPS) is 21.8. The Morgan fingerprint density at radius 3 is 3.00 bits per heavy atom. The van der Waals surface area contributed by atoms with Gasteiger partial charge < -0.3 is 0 Å². The summed E-state index contributed by atoms with van der Waals surface area (Å²) < 4.78 is 0. The lowest BCUT2D eigenvalue weighted by Gasteiger charge is -2.04.